The van der Waals surface area contributed by atoms with Gasteiger partial charge in [0.05, 0.1) is 0 Å². The Hall–Kier alpha value is -1.38. The van der Waals surface area contributed by atoms with E-state index in [0.717, 1.165) is 18.7 Å². The van der Waals surface area contributed by atoms with Crippen LogP contribution in [0, 0.1) is 11.8 Å². The van der Waals surface area contributed by atoms with E-state index in [0.29, 0.717) is 11.8 Å². The largest absolute Gasteiger partial charge is 0.338 e. The number of rotatable bonds is 5. The fourth-order valence-electron chi connectivity index (χ4n) is 1.80. The second kappa shape index (κ2) is 6.38. The van der Waals surface area contributed by atoms with Crippen molar-refractivity contribution in [1.82, 2.24) is 9.88 Å². The molecule has 3 heteroatoms. The van der Waals surface area contributed by atoms with E-state index in [1.165, 1.54) is 0 Å². The normalized spacial score (nSPS) is 10.9. The van der Waals surface area contributed by atoms with Crippen molar-refractivity contribution in [2.24, 2.45) is 11.8 Å². The van der Waals surface area contributed by atoms with Crippen molar-refractivity contribution >= 4 is 5.91 Å². The zero-order chi connectivity index (χ0) is 12.8. The van der Waals surface area contributed by atoms with Gasteiger partial charge in [0.2, 0.25) is 0 Å². The molecule has 0 bridgehead atoms. The third kappa shape index (κ3) is 4.55. The molecule has 0 aliphatic carbocycles. The van der Waals surface area contributed by atoms with Gasteiger partial charge >= 0.3 is 0 Å². The lowest BCUT2D eigenvalue weighted by Crippen LogP contribution is -2.37. The molecule has 0 aromatic carbocycles. The van der Waals surface area contributed by atoms with Crippen molar-refractivity contribution < 1.29 is 4.79 Å². The van der Waals surface area contributed by atoms with Gasteiger partial charge in [0.25, 0.3) is 5.91 Å². The molecule has 0 saturated heterocycles. The lowest BCUT2D eigenvalue weighted by Gasteiger charge is -2.26. The first-order chi connectivity index (χ1) is 8.00. The molecule has 17 heavy (non-hydrogen) atoms. The Kier molecular flexibility index (Phi) is 5.13. The van der Waals surface area contributed by atoms with Crippen LogP contribution in [0.3, 0.4) is 0 Å². The van der Waals surface area contributed by atoms with Crippen molar-refractivity contribution in [3.8, 4) is 0 Å². The Morgan fingerprint density at radius 1 is 1.12 bits per heavy atom. The minimum absolute atomic E-state index is 0.106. The average molecular weight is 234 g/mol. The minimum Gasteiger partial charge on any atom is -0.338 e. The number of pyridine rings is 1. The van der Waals surface area contributed by atoms with Crippen LogP contribution in [0.25, 0.3) is 0 Å². The van der Waals surface area contributed by atoms with E-state index < -0.39 is 0 Å². The first-order valence-electron chi connectivity index (χ1n) is 6.20. The molecule has 1 amide bonds. The zero-order valence-electron chi connectivity index (χ0n) is 11.2. The van der Waals surface area contributed by atoms with E-state index in [9.17, 15) is 4.79 Å². The molecule has 1 aromatic rings. The van der Waals surface area contributed by atoms with Crippen molar-refractivity contribution in [3.05, 3.63) is 30.1 Å². The van der Waals surface area contributed by atoms with E-state index in [1.54, 1.807) is 24.5 Å². The van der Waals surface area contributed by atoms with Gasteiger partial charge in [-0.2, -0.15) is 0 Å². The van der Waals surface area contributed by atoms with Crippen LogP contribution in [0.1, 0.15) is 38.1 Å². The molecular weight excluding hydrogens is 212 g/mol. The molecule has 0 N–H and O–H groups in total. The standard InChI is InChI=1S/C14H22N2O/c1-11(2)9-16(10-12(3)4)14(17)13-5-7-15-8-6-13/h5-8,11-12H,9-10H2,1-4H3. The molecule has 0 unspecified atom stereocenters. The van der Waals surface area contributed by atoms with Crippen molar-refractivity contribution in [2.45, 2.75) is 27.7 Å². The van der Waals surface area contributed by atoms with Gasteiger partial charge in [0, 0.05) is 31.0 Å². The van der Waals surface area contributed by atoms with Gasteiger partial charge in [-0.25, -0.2) is 0 Å². The van der Waals surface area contributed by atoms with E-state index in [4.69, 9.17) is 0 Å². The molecule has 0 spiro atoms. The Bertz CT molecular complexity index is 336. The molecule has 0 aliphatic rings. The maximum absolute atomic E-state index is 12.3. The maximum Gasteiger partial charge on any atom is 0.253 e. The van der Waals surface area contributed by atoms with Crippen LogP contribution in [0.4, 0.5) is 0 Å². The summed E-state index contributed by atoms with van der Waals surface area (Å²) < 4.78 is 0. The quantitative estimate of drug-likeness (QED) is 0.785. The van der Waals surface area contributed by atoms with Gasteiger partial charge in [-0.15, -0.1) is 0 Å². The maximum atomic E-state index is 12.3. The highest BCUT2D eigenvalue weighted by Crippen LogP contribution is 2.09. The number of aromatic nitrogens is 1. The summed E-state index contributed by atoms with van der Waals surface area (Å²) in [7, 11) is 0. The van der Waals surface area contributed by atoms with Crippen LogP contribution in [-0.2, 0) is 0 Å². The highest BCUT2D eigenvalue weighted by Gasteiger charge is 2.17. The second-order valence-corrected chi connectivity index (χ2v) is 5.23. The fraction of sp³-hybridized carbons (Fsp3) is 0.571. The third-order valence-corrected chi connectivity index (χ3v) is 2.39. The zero-order valence-corrected chi connectivity index (χ0v) is 11.2. The first kappa shape index (κ1) is 13.7. The molecule has 1 rings (SSSR count). The number of hydrogen-bond acceptors (Lipinski definition) is 2. The lowest BCUT2D eigenvalue weighted by molar-refractivity contribution is 0.0715. The molecule has 0 aliphatic heterocycles. The van der Waals surface area contributed by atoms with Gasteiger partial charge in [-0.1, -0.05) is 27.7 Å². The number of nitrogens with zero attached hydrogens (tertiary/aromatic N) is 2. The smallest absolute Gasteiger partial charge is 0.253 e. The third-order valence-electron chi connectivity index (χ3n) is 2.39. The van der Waals surface area contributed by atoms with Gasteiger partial charge in [-0.05, 0) is 24.0 Å². The van der Waals surface area contributed by atoms with E-state index >= 15 is 0 Å². The van der Waals surface area contributed by atoms with Crippen molar-refractivity contribution in [2.75, 3.05) is 13.1 Å². The molecule has 1 aromatic heterocycles. The van der Waals surface area contributed by atoms with Crippen LogP contribution in [0.5, 0.6) is 0 Å². The Labute approximate surface area is 104 Å². The highest BCUT2D eigenvalue weighted by atomic mass is 16.2. The molecule has 94 valence electrons. The Morgan fingerprint density at radius 3 is 2.00 bits per heavy atom. The molecule has 0 saturated carbocycles. The number of carbonyl (C=O) groups is 1. The van der Waals surface area contributed by atoms with Crippen molar-refractivity contribution in [3.63, 3.8) is 0 Å². The average Bonchev–Trinajstić information content (AvgIpc) is 2.27. The summed E-state index contributed by atoms with van der Waals surface area (Å²) in [5.74, 6) is 1.08. The molecule has 0 atom stereocenters. The number of carbonyl (C=O) groups excluding carboxylic acids is 1. The van der Waals surface area contributed by atoms with Gasteiger partial charge in [0.1, 0.15) is 0 Å². The Morgan fingerprint density at radius 2 is 1.59 bits per heavy atom. The number of hydrogen-bond donors (Lipinski definition) is 0. The van der Waals surface area contributed by atoms with Gasteiger partial charge in [-0.3, -0.25) is 9.78 Å². The summed E-state index contributed by atoms with van der Waals surface area (Å²) in [6, 6.07) is 3.55. The monoisotopic (exact) mass is 234 g/mol. The van der Waals surface area contributed by atoms with E-state index in [1.807, 2.05) is 4.90 Å². The van der Waals surface area contributed by atoms with Crippen molar-refractivity contribution in [1.29, 1.82) is 0 Å². The Balaban J connectivity index is 2.79. The van der Waals surface area contributed by atoms with Crippen LogP contribution < -0.4 is 0 Å². The highest BCUT2D eigenvalue weighted by molar-refractivity contribution is 5.94. The first-order valence-corrected chi connectivity index (χ1v) is 6.20. The molecule has 0 fully saturated rings. The molecule has 1 heterocycles. The summed E-state index contributed by atoms with van der Waals surface area (Å²) in [5, 5.41) is 0. The van der Waals surface area contributed by atoms with E-state index in [2.05, 4.69) is 32.7 Å². The van der Waals surface area contributed by atoms with Gasteiger partial charge < -0.3 is 4.90 Å². The van der Waals surface area contributed by atoms with Crippen LogP contribution in [0.2, 0.25) is 0 Å². The minimum atomic E-state index is 0.106. The summed E-state index contributed by atoms with van der Waals surface area (Å²) >= 11 is 0. The summed E-state index contributed by atoms with van der Waals surface area (Å²) in [4.78, 5) is 18.2. The summed E-state index contributed by atoms with van der Waals surface area (Å²) in [5.41, 5.74) is 0.723. The van der Waals surface area contributed by atoms with Crippen LogP contribution in [-0.4, -0.2) is 28.9 Å². The topological polar surface area (TPSA) is 33.2 Å². The van der Waals surface area contributed by atoms with Crippen LogP contribution >= 0.6 is 0 Å². The van der Waals surface area contributed by atoms with E-state index in [-0.39, 0.29) is 5.91 Å². The second-order valence-electron chi connectivity index (χ2n) is 5.23. The fourth-order valence-corrected chi connectivity index (χ4v) is 1.80. The summed E-state index contributed by atoms with van der Waals surface area (Å²) in [6.45, 7) is 10.1. The summed E-state index contributed by atoms with van der Waals surface area (Å²) in [6.07, 6.45) is 3.33. The predicted octanol–water partition coefficient (Wildman–Crippen LogP) is 2.84. The molecule has 3 nitrogen and oxygen atoms in total. The predicted molar refractivity (Wildman–Crippen MR) is 69.8 cm³/mol. The van der Waals surface area contributed by atoms with Crippen LogP contribution in [0.15, 0.2) is 24.5 Å². The van der Waals surface area contributed by atoms with Gasteiger partial charge in [0.15, 0.2) is 0 Å². The molecule has 0 radical (unpaired) electrons. The number of amides is 1. The molecular formula is C14H22N2O. The SMILES string of the molecule is CC(C)CN(CC(C)C)C(=O)c1ccncc1. The lowest BCUT2D eigenvalue weighted by atomic mass is 10.1.